The highest BCUT2D eigenvalue weighted by Crippen LogP contribution is 2.12. The van der Waals surface area contributed by atoms with E-state index in [0.29, 0.717) is 5.82 Å². The van der Waals surface area contributed by atoms with Crippen molar-refractivity contribution in [1.82, 2.24) is 9.97 Å². The second-order valence-corrected chi connectivity index (χ2v) is 3.06. The highest BCUT2D eigenvalue weighted by atomic mass is 16.4. The van der Waals surface area contributed by atoms with Crippen molar-refractivity contribution in [2.75, 3.05) is 5.32 Å². The van der Waals surface area contributed by atoms with Gasteiger partial charge in [-0.25, -0.2) is 14.8 Å². The standard InChI is InChI=1S/C11H9N3O2/c15-11(16)10-12-7-6-9(14-10)13-8-4-2-1-3-5-8/h1-7H,(H,15,16)(H,12,13,14). The lowest BCUT2D eigenvalue weighted by atomic mass is 10.3. The molecule has 0 spiro atoms. The molecule has 5 nitrogen and oxygen atoms in total. The lowest BCUT2D eigenvalue weighted by Crippen LogP contribution is -2.05. The molecule has 0 saturated heterocycles. The van der Waals surface area contributed by atoms with Crippen molar-refractivity contribution in [3.63, 3.8) is 0 Å². The van der Waals surface area contributed by atoms with E-state index in [1.165, 1.54) is 6.20 Å². The maximum absolute atomic E-state index is 10.7. The normalized spacial score (nSPS) is 9.75. The fraction of sp³-hybridized carbons (Fsp3) is 0. The number of carboxylic acid groups (broad SMARTS) is 1. The SMILES string of the molecule is O=C(O)c1nccc(Nc2ccccc2)n1. The summed E-state index contributed by atoms with van der Waals surface area (Å²) in [6.07, 6.45) is 1.40. The van der Waals surface area contributed by atoms with Crippen LogP contribution in [0, 0.1) is 0 Å². The summed E-state index contributed by atoms with van der Waals surface area (Å²) in [7, 11) is 0. The van der Waals surface area contributed by atoms with Crippen molar-refractivity contribution in [3.8, 4) is 0 Å². The van der Waals surface area contributed by atoms with E-state index in [1.54, 1.807) is 6.07 Å². The molecule has 0 atom stereocenters. The molecule has 0 fully saturated rings. The smallest absolute Gasteiger partial charge is 0.374 e. The molecule has 2 aromatic rings. The van der Waals surface area contributed by atoms with Gasteiger partial charge in [-0.2, -0.15) is 0 Å². The van der Waals surface area contributed by atoms with Gasteiger partial charge >= 0.3 is 5.97 Å². The zero-order chi connectivity index (χ0) is 11.4. The zero-order valence-corrected chi connectivity index (χ0v) is 8.29. The lowest BCUT2D eigenvalue weighted by Gasteiger charge is -2.04. The van der Waals surface area contributed by atoms with Crippen LogP contribution in [0.3, 0.4) is 0 Å². The molecule has 0 aliphatic heterocycles. The van der Waals surface area contributed by atoms with Crippen molar-refractivity contribution in [3.05, 3.63) is 48.4 Å². The van der Waals surface area contributed by atoms with E-state index in [2.05, 4.69) is 15.3 Å². The van der Waals surface area contributed by atoms with E-state index < -0.39 is 5.97 Å². The molecular weight excluding hydrogens is 206 g/mol. The van der Waals surface area contributed by atoms with Gasteiger partial charge in [0, 0.05) is 11.9 Å². The largest absolute Gasteiger partial charge is 0.475 e. The van der Waals surface area contributed by atoms with Crippen LogP contribution in [0.1, 0.15) is 10.6 Å². The van der Waals surface area contributed by atoms with Crippen LogP contribution >= 0.6 is 0 Å². The predicted molar refractivity (Wildman–Crippen MR) is 58.7 cm³/mol. The molecule has 1 aromatic heterocycles. The number of nitrogens with one attached hydrogen (secondary N) is 1. The van der Waals surface area contributed by atoms with E-state index in [4.69, 9.17) is 5.11 Å². The van der Waals surface area contributed by atoms with E-state index in [1.807, 2.05) is 30.3 Å². The third kappa shape index (κ3) is 2.33. The maximum atomic E-state index is 10.7. The Bertz CT molecular complexity index is 500. The number of rotatable bonds is 3. The first-order chi connectivity index (χ1) is 7.75. The van der Waals surface area contributed by atoms with Crippen LogP contribution in [0.15, 0.2) is 42.6 Å². The number of benzene rings is 1. The maximum Gasteiger partial charge on any atom is 0.374 e. The lowest BCUT2D eigenvalue weighted by molar-refractivity contribution is 0.0683. The summed E-state index contributed by atoms with van der Waals surface area (Å²) in [5.74, 6) is -0.906. The van der Waals surface area contributed by atoms with E-state index >= 15 is 0 Å². The minimum Gasteiger partial charge on any atom is -0.475 e. The minimum atomic E-state index is -1.14. The fourth-order valence-electron chi connectivity index (χ4n) is 1.20. The minimum absolute atomic E-state index is 0.221. The zero-order valence-electron chi connectivity index (χ0n) is 8.29. The Kier molecular flexibility index (Phi) is 2.77. The summed E-state index contributed by atoms with van der Waals surface area (Å²) in [6.45, 7) is 0. The molecule has 2 rings (SSSR count). The number of aromatic carboxylic acids is 1. The highest BCUT2D eigenvalue weighted by molar-refractivity contribution is 5.83. The predicted octanol–water partition coefficient (Wildman–Crippen LogP) is 1.92. The average molecular weight is 215 g/mol. The molecule has 0 bridgehead atoms. The van der Waals surface area contributed by atoms with Crippen LogP contribution in [-0.4, -0.2) is 21.0 Å². The summed E-state index contributed by atoms with van der Waals surface area (Å²) in [4.78, 5) is 18.1. The number of carbonyl (C=O) groups is 1. The third-order valence-corrected chi connectivity index (χ3v) is 1.89. The summed E-state index contributed by atoms with van der Waals surface area (Å²) in [6, 6.07) is 11.0. The van der Waals surface area contributed by atoms with E-state index in [-0.39, 0.29) is 5.82 Å². The Morgan fingerprint density at radius 1 is 1.19 bits per heavy atom. The van der Waals surface area contributed by atoms with Gasteiger partial charge in [0.25, 0.3) is 0 Å². The van der Waals surface area contributed by atoms with Crippen LogP contribution in [0.5, 0.6) is 0 Å². The Hall–Kier alpha value is -2.43. The third-order valence-electron chi connectivity index (χ3n) is 1.89. The van der Waals surface area contributed by atoms with Gasteiger partial charge < -0.3 is 10.4 Å². The van der Waals surface area contributed by atoms with Crippen molar-refractivity contribution in [1.29, 1.82) is 0 Å². The Morgan fingerprint density at radius 3 is 2.62 bits per heavy atom. The van der Waals surface area contributed by atoms with Crippen molar-refractivity contribution >= 4 is 17.5 Å². The molecule has 0 aliphatic carbocycles. The second kappa shape index (κ2) is 4.39. The number of aromatic nitrogens is 2. The van der Waals surface area contributed by atoms with E-state index in [0.717, 1.165) is 5.69 Å². The number of hydrogen-bond donors (Lipinski definition) is 2. The molecule has 1 heterocycles. The van der Waals surface area contributed by atoms with Gasteiger partial charge in [0.2, 0.25) is 5.82 Å². The summed E-state index contributed by atoms with van der Waals surface area (Å²) in [5.41, 5.74) is 0.845. The van der Waals surface area contributed by atoms with Gasteiger partial charge in [0.1, 0.15) is 5.82 Å². The number of para-hydroxylation sites is 1. The van der Waals surface area contributed by atoms with Crippen LogP contribution in [0.4, 0.5) is 11.5 Å². The molecule has 0 unspecified atom stereocenters. The molecule has 0 aliphatic rings. The average Bonchev–Trinajstić information content (AvgIpc) is 2.30. The molecule has 0 radical (unpaired) electrons. The summed E-state index contributed by atoms with van der Waals surface area (Å²) >= 11 is 0. The van der Waals surface area contributed by atoms with Gasteiger partial charge in [-0.3, -0.25) is 0 Å². The quantitative estimate of drug-likeness (QED) is 0.818. The first kappa shape index (κ1) is 10.1. The Labute approximate surface area is 91.8 Å². The number of nitrogens with zero attached hydrogens (tertiary/aromatic N) is 2. The fourth-order valence-corrected chi connectivity index (χ4v) is 1.20. The van der Waals surface area contributed by atoms with Gasteiger partial charge in [-0.15, -0.1) is 0 Å². The second-order valence-electron chi connectivity index (χ2n) is 3.06. The van der Waals surface area contributed by atoms with Crippen molar-refractivity contribution in [2.24, 2.45) is 0 Å². The molecule has 2 N–H and O–H groups in total. The Morgan fingerprint density at radius 2 is 1.94 bits per heavy atom. The molecular formula is C11H9N3O2. The van der Waals surface area contributed by atoms with Gasteiger partial charge in [-0.1, -0.05) is 18.2 Å². The first-order valence-corrected chi connectivity index (χ1v) is 4.64. The number of hydrogen-bond acceptors (Lipinski definition) is 4. The van der Waals surface area contributed by atoms with Crippen LogP contribution in [-0.2, 0) is 0 Å². The topological polar surface area (TPSA) is 75.1 Å². The Balaban J connectivity index is 2.22. The van der Waals surface area contributed by atoms with Crippen molar-refractivity contribution < 1.29 is 9.90 Å². The molecule has 0 amide bonds. The number of anilines is 2. The summed E-state index contributed by atoms with van der Waals surface area (Å²) in [5, 5.41) is 11.7. The van der Waals surface area contributed by atoms with Crippen molar-refractivity contribution in [2.45, 2.75) is 0 Å². The molecule has 80 valence electrons. The van der Waals surface area contributed by atoms with E-state index in [9.17, 15) is 4.79 Å². The molecule has 1 aromatic carbocycles. The first-order valence-electron chi connectivity index (χ1n) is 4.64. The number of carboxylic acids is 1. The van der Waals surface area contributed by atoms with Crippen LogP contribution < -0.4 is 5.32 Å². The summed E-state index contributed by atoms with van der Waals surface area (Å²) < 4.78 is 0. The van der Waals surface area contributed by atoms with Gasteiger partial charge in [0.05, 0.1) is 0 Å². The molecule has 16 heavy (non-hydrogen) atoms. The van der Waals surface area contributed by atoms with Crippen LogP contribution in [0.25, 0.3) is 0 Å². The van der Waals surface area contributed by atoms with Gasteiger partial charge in [-0.05, 0) is 18.2 Å². The van der Waals surface area contributed by atoms with Gasteiger partial charge in [0.15, 0.2) is 0 Å². The molecule has 0 saturated carbocycles. The highest BCUT2D eigenvalue weighted by Gasteiger charge is 2.06. The monoisotopic (exact) mass is 215 g/mol. The molecule has 5 heteroatoms. The van der Waals surface area contributed by atoms with Crippen LogP contribution in [0.2, 0.25) is 0 Å².